The standard InChI is InChI=1S/C33H42N8O12S2/c1-33(2,3)53-31(46)37-25(16-42)29(44)35-10-11-51-22-7-5-6-20(12-22)17-50-19-26(30(45)49-4)36-28(43)15-41-14-21(39-40-41)18-52-23-8-9-24-27(13-23)54-32(38-24)55(34,47)48/h5-9,12-14,25-26,42H,10-11,15-19H2,1-4H3,(H,35,44)(H,36,43)(H,37,46)(H2,34,47,48). The average Bonchev–Trinajstić information content (AvgIpc) is 3.77. The summed E-state index contributed by atoms with van der Waals surface area (Å²) < 4.78 is 51.9. The van der Waals surface area contributed by atoms with Crippen molar-refractivity contribution >= 4 is 55.5 Å². The summed E-state index contributed by atoms with van der Waals surface area (Å²) in [6.45, 7) is 4.11. The van der Waals surface area contributed by atoms with Gasteiger partial charge in [0.05, 0.1) is 49.9 Å². The van der Waals surface area contributed by atoms with Crippen LogP contribution in [0, 0.1) is 0 Å². The van der Waals surface area contributed by atoms with E-state index in [1.165, 1.54) is 18.0 Å². The number of alkyl carbamates (subject to hydrolysis) is 1. The number of aromatic nitrogens is 4. The van der Waals surface area contributed by atoms with Crippen molar-refractivity contribution in [1.82, 2.24) is 35.9 Å². The molecular weight excluding hydrogens is 765 g/mol. The van der Waals surface area contributed by atoms with Gasteiger partial charge in [-0.25, -0.2) is 32.8 Å². The molecule has 3 amide bonds. The molecular formula is C33H42N8O12S2. The zero-order valence-corrected chi connectivity index (χ0v) is 32.0. The van der Waals surface area contributed by atoms with E-state index < -0.39 is 58.2 Å². The lowest BCUT2D eigenvalue weighted by Gasteiger charge is -2.22. The maximum atomic E-state index is 12.8. The Labute approximate surface area is 319 Å². The third-order valence-electron chi connectivity index (χ3n) is 6.99. The van der Waals surface area contributed by atoms with E-state index >= 15 is 0 Å². The van der Waals surface area contributed by atoms with Crippen molar-refractivity contribution < 1.29 is 56.4 Å². The number of sulfonamides is 1. The number of nitrogens with two attached hydrogens (primary N) is 1. The zero-order chi connectivity index (χ0) is 40.2. The fraction of sp³-hybridized carbons (Fsp3) is 0.424. The molecule has 0 aliphatic rings. The van der Waals surface area contributed by atoms with Crippen LogP contribution in [-0.4, -0.2) is 109 Å². The number of aliphatic hydroxyl groups excluding tert-OH is 1. The summed E-state index contributed by atoms with van der Waals surface area (Å²) in [7, 11) is -2.75. The quantitative estimate of drug-likeness (QED) is 0.0633. The number of carbonyl (C=O) groups excluding carboxylic acids is 4. The highest BCUT2D eigenvalue weighted by Gasteiger charge is 2.24. The van der Waals surface area contributed by atoms with Crippen molar-refractivity contribution in [2.24, 2.45) is 5.14 Å². The minimum Gasteiger partial charge on any atom is -0.492 e. The van der Waals surface area contributed by atoms with Crippen molar-refractivity contribution in [1.29, 1.82) is 0 Å². The summed E-state index contributed by atoms with van der Waals surface area (Å²) in [5, 5.41) is 30.0. The number of aliphatic hydroxyl groups is 1. The predicted octanol–water partition coefficient (Wildman–Crippen LogP) is 0.369. The molecule has 22 heteroatoms. The van der Waals surface area contributed by atoms with E-state index in [0.717, 1.165) is 11.3 Å². The van der Waals surface area contributed by atoms with E-state index in [1.54, 1.807) is 63.2 Å². The smallest absolute Gasteiger partial charge is 0.408 e. The SMILES string of the molecule is COC(=O)C(COCc1cccc(OCCNC(=O)C(CO)NC(=O)OC(C)(C)C)c1)NC(=O)Cn1cc(COc2ccc3nc(S(N)(=O)=O)sc3c2)nn1. The molecule has 0 radical (unpaired) electrons. The summed E-state index contributed by atoms with van der Waals surface area (Å²) >= 11 is 0.916. The van der Waals surface area contributed by atoms with Crippen molar-refractivity contribution in [3.05, 3.63) is 59.9 Å². The van der Waals surface area contributed by atoms with Crippen LogP contribution in [0.2, 0.25) is 0 Å². The van der Waals surface area contributed by atoms with Gasteiger partial charge in [0.1, 0.15) is 48.6 Å². The molecule has 2 atom stereocenters. The van der Waals surface area contributed by atoms with Crippen LogP contribution in [0.3, 0.4) is 0 Å². The minimum absolute atomic E-state index is 0.00442. The minimum atomic E-state index is -3.93. The largest absolute Gasteiger partial charge is 0.492 e. The van der Waals surface area contributed by atoms with Gasteiger partial charge >= 0.3 is 12.1 Å². The second kappa shape index (κ2) is 19.3. The number of thiazole rings is 1. The van der Waals surface area contributed by atoms with Gasteiger partial charge in [-0.15, -0.1) is 16.4 Å². The lowest BCUT2D eigenvalue weighted by molar-refractivity contribution is -0.147. The van der Waals surface area contributed by atoms with E-state index in [1.807, 2.05) is 0 Å². The molecule has 0 spiro atoms. The average molecular weight is 807 g/mol. The number of esters is 1. The fourth-order valence-corrected chi connectivity index (χ4v) is 6.25. The molecule has 0 saturated carbocycles. The Bertz CT molecular complexity index is 2070. The Hall–Kier alpha value is -5.42. The van der Waals surface area contributed by atoms with Crippen molar-refractivity contribution in [3.63, 3.8) is 0 Å². The lowest BCUT2D eigenvalue weighted by atomic mass is 10.2. The first-order valence-electron chi connectivity index (χ1n) is 16.5. The van der Waals surface area contributed by atoms with Crippen molar-refractivity contribution in [3.8, 4) is 11.5 Å². The third-order valence-corrected chi connectivity index (χ3v) is 9.33. The van der Waals surface area contributed by atoms with Crippen LogP contribution in [0.15, 0.2) is 53.0 Å². The molecule has 298 valence electrons. The molecule has 0 aliphatic heterocycles. The van der Waals surface area contributed by atoms with Crippen LogP contribution in [0.1, 0.15) is 32.0 Å². The second-order valence-corrected chi connectivity index (χ2v) is 15.4. The molecule has 0 bridgehead atoms. The molecule has 2 aromatic carbocycles. The van der Waals surface area contributed by atoms with Crippen LogP contribution in [0.4, 0.5) is 4.79 Å². The lowest BCUT2D eigenvalue weighted by Crippen LogP contribution is -2.50. The highest BCUT2D eigenvalue weighted by Crippen LogP contribution is 2.28. The van der Waals surface area contributed by atoms with E-state index in [9.17, 15) is 32.7 Å². The fourth-order valence-electron chi connectivity index (χ4n) is 4.56. The summed E-state index contributed by atoms with van der Waals surface area (Å²) in [5.74, 6) is -1.01. The number of nitrogens with zero attached hydrogens (tertiary/aromatic N) is 4. The van der Waals surface area contributed by atoms with E-state index in [2.05, 4.69) is 31.2 Å². The number of benzene rings is 2. The summed E-state index contributed by atoms with van der Waals surface area (Å²) in [6, 6.07) is 9.39. The van der Waals surface area contributed by atoms with Gasteiger partial charge < -0.3 is 44.7 Å². The number of methoxy groups -OCH3 is 1. The van der Waals surface area contributed by atoms with Crippen LogP contribution < -0.4 is 30.6 Å². The molecule has 6 N–H and O–H groups in total. The van der Waals surface area contributed by atoms with E-state index in [0.29, 0.717) is 33.0 Å². The first kappa shape index (κ1) is 42.3. The zero-order valence-electron chi connectivity index (χ0n) is 30.3. The Morgan fingerprint density at radius 3 is 2.49 bits per heavy atom. The van der Waals surface area contributed by atoms with Crippen molar-refractivity contribution in [2.75, 3.05) is 33.5 Å². The first-order chi connectivity index (χ1) is 26.0. The van der Waals surface area contributed by atoms with E-state index in [-0.39, 0.29) is 43.9 Å². The molecule has 0 fully saturated rings. The molecule has 2 unspecified atom stereocenters. The Kier molecular flexibility index (Phi) is 14.8. The molecule has 0 saturated heterocycles. The first-order valence-corrected chi connectivity index (χ1v) is 18.9. The number of hydrogen-bond donors (Lipinski definition) is 5. The van der Waals surface area contributed by atoms with Crippen LogP contribution in [0.5, 0.6) is 11.5 Å². The monoisotopic (exact) mass is 806 g/mol. The van der Waals surface area contributed by atoms with Crippen LogP contribution in [-0.2, 0) is 58.4 Å². The molecule has 0 aliphatic carbocycles. The summed E-state index contributed by atoms with van der Waals surface area (Å²) in [6.07, 6.45) is 0.657. The normalized spacial score (nSPS) is 12.7. The second-order valence-electron chi connectivity index (χ2n) is 12.7. The Morgan fingerprint density at radius 1 is 1.02 bits per heavy atom. The third kappa shape index (κ3) is 13.7. The Morgan fingerprint density at radius 2 is 1.78 bits per heavy atom. The number of carbonyl (C=O) groups is 4. The van der Waals surface area contributed by atoms with Crippen molar-refractivity contribution in [2.45, 2.75) is 62.6 Å². The number of fused-ring (bicyclic) bond motifs is 1. The van der Waals surface area contributed by atoms with Gasteiger partial charge in [-0.2, -0.15) is 0 Å². The molecule has 20 nitrogen and oxygen atoms in total. The van der Waals surface area contributed by atoms with Gasteiger partial charge in [-0.1, -0.05) is 17.3 Å². The maximum absolute atomic E-state index is 12.8. The number of ether oxygens (including phenoxy) is 5. The number of hydrogen-bond acceptors (Lipinski definition) is 16. The van der Waals surface area contributed by atoms with Crippen LogP contribution >= 0.6 is 11.3 Å². The van der Waals surface area contributed by atoms with Gasteiger partial charge in [-0.3, -0.25) is 9.59 Å². The summed E-state index contributed by atoms with van der Waals surface area (Å²) in [5.41, 5.74) is 0.775. The van der Waals surface area contributed by atoms with E-state index in [4.69, 9.17) is 28.8 Å². The highest BCUT2D eigenvalue weighted by atomic mass is 32.2. The van der Waals surface area contributed by atoms with Gasteiger partial charge in [0.25, 0.3) is 10.0 Å². The van der Waals surface area contributed by atoms with Gasteiger partial charge in [0.2, 0.25) is 16.2 Å². The Balaban J connectivity index is 1.19. The molecule has 55 heavy (non-hydrogen) atoms. The molecule has 2 heterocycles. The number of primary sulfonamides is 1. The number of nitrogens with one attached hydrogen (secondary N) is 3. The van der Waals surface area contributed by atoms with Gasteiger partial charge in [-0.05, 0) is 56.7 Å². The van der Waals surface area contributed by atoms with Crippen LogP contribution in [0.25, 0.3) is 10.2 Å². The molecule has 2 aromatic heterocycles. The molecule has 4 aromatic rings. The summed E-state index contributed by atoms with van der Waals surface area (Å²) in [4.78, 5) is 53.5. The molecule has 4 rings (SSSR count). The number of amides is 3. The maximum Gasteiger partial charge on any atom is 0.408 e. The highest BCUT2D eigenvalue weighted by molar-refractivity contribution is 7.91. The predicted molar refractivity (Wildman–Crippen MR) is 194 cm³/mol. The topological polar surface area (TPSA) is 275 Å². The van der Waals surface area contributed by atoms with Gasteiger partial charge in [0.15, 0.2) is 6.04 Å². The van der Waals surface area contributed by atoms with Gasteiger partial charge in [0, 0.05) is 0 Å². The number of rotatable bonds is 19.